The third kappa shape index (κ3) is 8.80. The van der Waals surface area contributed by atoms with Crippen molar-refractivity contribution in [3.05, 3.63) is 35.9 Å². The molecule has 1 aromatic carbocycles. The van der Waals surface area contributed by atoms with E-state index in [2.05, 4.69) is 4.90 Å². The number of morpholine rings is 1. The maximum absolute atomic E-state index is 12.9. The first-order valence-electron chi connectivity index (χ1n) is 10.3. The highest BCUT2D eigenvalue weighted by Crippen LogP contribution is 2.12. The molecule has 0 bridgehead atoms. The molecule has 0 aromatic heterocycles. The molecule has 1 heterocycles. The van der Waals surface area contributed by atoms with E-state index in [-0.39, 0.29) is 17.6 Å². The van der Waals surface area contributed by atoms with Crippen LogP contribution in [0.5, 0.6) is 0 Å². The van der Waals surface area contributed by atoms with Gasteiger partial charge >= 0.3 is 0 Å². The zero-order valence-electron chi connectivity index (χ0n) is 18.2. The van der Waals surface area contributed by atoms with Gasteiger partial charge in [-0.1, -0.05) is 18.2 Å². The van der Waals surface area contributed by atoms with Crippen molar-refractivity contribution in [1.29, 1.82) is 0 Å². The first-order chi connectivity index (χ1) is 13.8. The van der Waals surface area contributed by atoms with Crippen LogP contribution in [0.1, 0.15) is 31.1 Å². The van der Waals surface area contributed by atoms with Crippen molar-refractivity contribution in [1.82, 2.24) is 9.80 Å². The molecule has 2 atom stereocenters. The topological polar surface area (TPSA) is 71.5 Å². The van der Waals surface area contributed by atoms with Crippen LogP contribution in [0.4, 0.5) is 0 Å². The smallest absolute Gasteiger partial charge is 0.254 e. The molecule has 0 spiro atoms. The summed E-state index contributed by atoms with van der Waals surface area (Å²) in [5.41, 5.74) is 0.389. The van der Waals surface area contributed by atoms with Crippen molar-refractivity contribution in [3.8, 4) is 0 Å². The monoisotopic (exact) mass is 408 g/mol. The first kappa shape index (κ1) is 23.8. The highest BCUT2D eigenvalue weighted by Gasteiger charge is 2.27. The van der Waals surface area contributed by atoms with Crippen LogP contribution in [0.3, 0.4) is 0 Å². The molecular formula is C22H36N2O5. The Bertz CT molecular complexity index is 605. The molecule has 1 amide bonds. The molecule has 1 aliphatic rings. The Morgan fingerprint density at radius 2 is 2.07 bits per heavy atom. The summed E-state index contributed by atoms with van der Waals surface area (Å²) in [6.07, 6.45) is -0.660. The van der Waals surface area contributed by atoms with Gasteiger partial charge in [0.15, 0.2) is 0 Å². The average molecular weight is 409 g/mol. The van der Waals surface area contributed by atoms with E-state index in [9.17, 15) is 9.90 Å². The van der Waals surface area contributed by atoms with E-state index in [1.807, 2.05) is 51.1 Å². The molecule has 29 heavy (non-hydrogen) atoms. The number of aliphatic hydroxyl groups is 1. The second-order valence-electron chi connectivity index (χ2n) is 8.44. The number of aliphatic hydroxyl groups excluding tert-OH is 1. The van der Waals surface area contributed by atoms with Crippen molar-refractivity contribution in [2.24, 2.45) is 0 Å². The van der Waals surface area contributed by atoms with E-state index in [4.69, 9.17) is 14.2 Å². The van der Waals surface area contributed by atoms with Gasteiger partial charge in [-0.3, -0.25) is 9.69 Å². The van der Waals surface area contributed by atoms with Crippen LogP contribution in [-0.4, -0.2) is 98.3 Å². The van der Waals surface area contributed by atoms with Crippen LogP contribution in [0.15, 0.2) is 30.3 Å². The number of carbonyl (C=O) groups is 1. The minimum Gasteiger partial charge on any atom is -0.389 e. The molecule has 2 rings (SSSR count). The maximum atomic E-state index is 12.9. The largest absolute Gasteiger partial charge is 0.389 e. The Morgan fingerprint density at radius 1 is 1.34 bits per heavy atom. The molecule has 1 fully saturated rings. The van der Waals surface area contributed by atoms with Crippen LogP contribution in [0, 0.1) is 0 Å². The van der Waals surface area contributed by atoms with Crippen LogP contribution < -0.4 is 0 Å². The van der Waals surface area contributed by atoms with Crippen molar-refractivity contribution >= 4 is 5.91 Å². The van der Waals surface area contributed by atoms with E-state index < -0.39 is 6.10 Å². The summed E-state index contributed by atoms with van der Waals surface area (Å²) in [6, 6.07) is 9.26. The number of rotatable bonds is 10. The fourth-order valence-electron chi connectivity index (χ4n) is 3.24. The SMILES string of the molecule is COCCN(C[C@@H]1CN(C[C@@H](O)COC(C)(C)C)CCO1)C(=O)c1ccccc1. The molecule has 1 N–H and O–H groups in total. The Morgan fingerprint density at radius 3 is 2.72 bits per heavy atom. The van der Waals surface area contributed by atoms with Gasteiger partial charge in [-0.25, -0.2) is 0 Å². The van der Waals surface area contributed by atoms with Crippen molar-refractivity contribution in [2.45, 2.75) is 38.6 Å². The van der Waals surface area contributed by atoms with E-state index in [1.54, 1.807) is 12.0 Å². The van der Waals surface area contributed by atoms with Gasteiger partial charge in [0.1, 0.15) is 0 Å². The van der Waals surface area contributed by atoms with E-state index in [1.165, 1.54) is 0 Å². The Kier molecular flexibility index (Phi) is 9.52. The lowest BCUT2D eigenvalue weighted by molar-refractivity contribution is -0.0784. The Labute approximate surface area is 174 Å². The van der Waals surface area contributed by atoms with Gasteiger partial charge < -0.3 is 24.2 Å². The molecule has 0 unspecified atom stereocenters. The third-order valence-corrected chi connectivity index (χ3v) is 4.70. The first-order valence-corrected chi connectivity index (χ1v) is 10.3. The van der Waals surface area contributed by atoms with Gasteiger partial charge in [0.25, 0.3) is 5.91 Å². The molecular weight excluding hydrogens is 372 g/mol. The number of amides is 1. The van der Waals surface area contributed by atoms with Crippen molar-refractivity contribution in [2.75, 3.05) is 59.7 Å². The number of benzene rings is 1. The third-order valence-electron chi connectivity index (χ3n) is 4.70. The molecule has 164 valence electrons. The molecule has 7 heteroatoms. The second kappa shape index (κ2) is 11.6. The predicted molar refractivity (Wildman–Crippen MR) is 112 cm³/mol. The predicted octanol–water partition coefficient (Wildman–Crippen LogP) is 1.65. The van der Waals surface area contributed by atoms with Gasteiger partial charge in [-0.2, -0.15) is 0 Å². The molecule has 1 aromatic rings. The summed E-state index contributed by atoms with van der Waals surface area (Å²) < 4.78 is 16.8. The lowest BCUT2D eigenvalue weighted by atomic mass is 10.1. The Hall–Kier alpha value is -1.51. The molecule has 7 nitrogen and oxygen atoms in total. The van der Waals surface area contributed by atoms with Gasteiger partial charge in [0.05, 0.1) is 37.6 Å². The zero-order chi connectivity index (χ0) is 21.3. The lowest BCUT2D eigenvalue weighted by Gasteiger charge is -2.36. The van der Waals surface area contributed by atoms with Gasteiger partial charge in [0, 0.05) is 45.4 Å². The summed E-state index contributed by atoms with van der Waals surface area (Å²) in [6.45, 7) is 10.2. The van der Waals surface area contributed by atoms with E-state index >= 15 is 0 Å². The van der Waals surface area contributed by atoms with Crippen LogP contribution in [0.25, 0.3) is 0 Å². The number of ether oxygens (including phenoxy) is 3. The highest BCUT2D eigenvalue weighted by molar-refractivity contribution is 5.94. The van der Waals surface area contributed by atoms with Crippen molar-refractivity contribution < 1.29 is 24.1 Å². The van der Waals surface area contributed by atoms with Crippen molar-refractivity contribution in [3.63, 3.8) is 0 Å². The van der Waals surface area contributed by atoms with Crippen LogP contribution in [-0.2, 0) is 14.2 Å². The zero-order valence-corrected chi connectivity index (χ0v) is 18.2. The second-order valence-corrected chi connectivity index (χ2v) is 8.44. The summed E-state index contributed by atoms with van der Waals surface area (Å²) in [7, 11) is 1.63. The summed E-state index contributed by atoms with van der Waals surface area (Å²) >= 11 is 0. The normalized spacial score (nSPS) is 19.1. The minimum atomic E-state index is -0.552. The number of hydrogen-bond acceptors (Lipinski definition) is 6. The molecule has 0 radical (unpaired) electrons. The maximum Gasteiger partial charge on any atom is 0.254 e. The molecule has 0 saturated carbocycles. The average Bonchev–Trinajstić information content (AvgIpc) is 2.69. The fourth-order valence-corrected chi connectivity index (χ4v) is 3.24. The van der Waals surface area contributed by atoms with Gasteiger partial charge in [-0.15, -0.1) is 0 Å². The lowest BCUT2D eigenvalue weighted by Crippen LogP contribution is -2.51. The number of β-amino-alcohol motifs (C(OH)–C–C–N with tert-alkyl or cyclic N) is 1. The quantitative estimate of drug-likeness (QED) is 0.635. The van der Waals surface area contributed by atoms with E-state index in [0.717, 1.165) is 6.54 Å². The molecule has 1 saturated heterocycles. The van der Waals surface area contributed by atoms with Crippen LogP contribution in [0.2, 0.25) is 0 Å². The molecule has 0 aliphatic carbocycles. The highest BCUT2D eigenvalue weighted by atomic mass is 16.5. The number of carbonyl (C=O) groups excluding carboxylic acids is 1. The summed E-state index contributed by atoms with van der Waals surface area (Å²) in [5.74, 6) is -0.0259. The fraction of sp³-hybridized carbons (Fsp3) is 0.682. The standard InChI is InChI=1S/C22H36N2O5/c1-22(2,3)29-17-19(25)14-23-10-13-28-20(15-23)16-24(11-12-27-4)21(26)18-8-6-5-7-9-18/h5-9,19-20,25H,10-17H2,1-4H3/t19-,20+/m1/s1. The summed E-state index contributed by atoms with van der Waals surface area (Å²) in [5, 5.41) is 10.3. The number of methoxy groups -OCH3 is 1. The minimum absolute atomic E-state index is 0.0259. The number of nitrogens with zero attached hydrogens (tertiary/aromatic N) is 2. The summed E-state index contributed by atoms with van der Waals surface area (Å²) in [4.78, 5) is 16.9. The van der Waals surface area contributed by atoms with Gasteiger partial charge in [-0.05, 0) is 32.9 Å². The van der Waals surface area contributed by atoms with Crippen LogP contribution >= 0.6 is 0 Å². The van der Waals surface area contributed by atoms with Gasteiger partial charge in [0.2, 0.25) is 0 Å². The molecule has 1 aliphatic heterocycles. The number of hydrogen-bond donors (Lipinski definition) is 1. The Balaban J connectivity index is 1.90. The van der Waals surface area contributed by atoms with E-state index in [0.29, 0.717) is 51.6 Å².